The summed E-state index contributed by atoms with van der Waals surface area (Å²) in [5, 5.41) is 9.60. The van der Waals surface area contributed by atoms with Gasteiger partial charge in [0.1, 0.15) is 5.82 Å². The SMILES string of the molecule is CCCCCCCCCSc1nnc(CN)n1C1CC1. The van der Waals surface area contributed by atoms with Gasteiger partial charge in [0.05, 0.1) is 6.54 Å². The van der Waals surface area contributed by atoms with Crippen LogP contribution in [-0.4, -0.2) is 20.5 Å². The molecule has 5 heteroatoms. The molecule has 114 valence electrons. The normalized spacial score (nSPS) is 14.9. The first kappa shape index (κ1) is 15.8. The summed E-state index contributed by atoms with van der Waals surface area (Å²) in [6, 6.07) is 0.625. The molecule has 0 saturated heterocycles. The monoisotopic (exact) mass is 296 g/mol. The van der Waals surface area contributed by atoms with E-state index in [-0.39, 0.29) is 0 Å². The molecule has 0 atom stereocenters. The van der Waals surface area contributed by atoms with Crippen LogP contribution in [0.4, 0.5) is 0 Å². The second kappa shape index (κ2) is 8.67. The van der Waals surface area contributed by atoms with E-state index in [1.807, 2.05) is 11.8 Å². The van der Waals surface area contributed by atoms with Crippen LogP contribution >= 0.6 is 11.8 Å². The van der Waals surface area contributed by atoms with Crippen molar-refractivity contribution in [3.05, 3.63) is 5.82 Å². The van der Waals surface area contributed by atoms with E-state index in [1.54, 1.807) is 0 Å². The second-order valence-electron chi connectivity index (χ2n) is 5.67. The van der Waals surface area contributed by atoms with Gasteiger partial charge in [-0.1, -0.05) is 57.2 Å². The quantitative estimate of drug-likeness (QED) is 0.497. The lowest BCUT2D eigenvalue weighted by Crippen LogP contribution is -2.08. The molecule has 1 aromatic rings. The predicted molar refractivity (Wildman–Crippen MR) is 84.9 cm³/mol. The smallest absolute Gasteiger partial charge is 0.191 e. The molecule has 1 saturated carbocycles. The van der Waals surface area contributed by atoms with E-state index in [1.165, 1.54) is 57.8 Å². The maximum atomic E-state index is 5.73. The zero-order valence-corrected chi connectivity index (χ0v) is 13.5. The Kier molecular flexibility index (Phi) is 6.87. The van der Waals surface area contributed by atoms with Crippen molar-refractivity contribution in [2.24, 2.45) is 5.73 Å². The van der Waals surface area contributed by atoms with Crippen molar-refractivity contribution in [3.63, 3.8) is 0 Å². The van der Waals surface area contributed by atoms with Gasteiger partial charge in [-0.2, -0.15) is 0 Å². The van der Waals surface area contributed by atoms with E-state index in [0.29, 0.717) is 12.6 Å². The predicted octanol–water partition coefficient (Wildman–Crippen LogP) is 3.91. The molecule has 2 N–H and O–H groups in total. The van der Waals surface area contributed by atoms with Gasteiger partial charge in [0.2, 0.25) is 0 Å². The lowest BCUT2D eigenvalue weighted by Gasteiger charge is -2.07. The fourth-order valence-electron chi connectivity index (χ4n) is 2.47. The average molecular weight is 296 g/mol. The van der Waals surface area contributed by atoms with Gasteiger partial charge < -0.3 is 10.3 Å². The molecule has 2 rings (SSSR count). The molecule has 0 spiro atoms. The second-order valence-corrected chi connectivity index (χ2v) is 6.74. The van der Waals surface area contributed by atoms with Crippen LogP contribution < -0.4 is 5.73 Å². The highest BCUT2D eigenvalue weighted by atomic mass is 32.2. The van der Waals surface area contributed by atoms with Crippen molar-refractivity contribution in [1.82, 2.24) is 14.8 Å². The Balaban J connectivity index is 1.63. The number of rotatable bonds is 11. The minimum absolute atomic E-state index is 0.501. The van der Waals surface area contributed by atoms with Crippen molar-refractivity contribution in [2.75, 3.05) is 5.75 Å². The molecule has 1 aromatic heterocycles. The summed E-state index contributed by atoms with van der Waals surface area (Å²) in [6.45, 7) is 2.77. The molecule has 0 unspecified atom stereocenters. The minimum Gasteiger partial charge on any atom is -0.324 e. The van der Waals surface area contributed by atoms with Crippen molar-refractivity contribution in [1.29, 1.82) is 0 Å². The van der Waals surface area contributed by atoms with E-state index in [2.05, 4.69) is 21.7 Å². The average Bonchev–Trinajstić information content (AvgIpc) is 3.22. The topological polar surface area (TPSA) is 56.7 Å². The van der Waals surface area contributed by atoms with Crippen molar-refractivity contribution in [3.8, 4) is 0 Å². The van der Waals surface area contributed by atoms with Crippen molar-refractivity contribution < 1.29 is 0 Å². The molecule has 1 fully saturated rings. The van der Waals surface area contributed by atoms with Crippen LogP contribution in [0.2, 0.25) is 0 Å². The van der Waals surface area contributed by atoms with E-state index in [4.69, 9.17) is 5.73 Å². The first-order valence-electron chi connectivity index (χ1n) is 8.13. The summed E-state index contributed by atoms with van der Waals surface area (Å²) in [7, 11) is 0. The number of hydrogen-bond donors (Lipinski definition) is 1. The van der Waals surface area contributed by atoms with Crippen molar-refractivity contribution in [2.45, 2.75) is 82.5 Å². The molecular formula is C15H28N4S. The Labute approximate surface area is 126 Å². The van der Waals surface area contributed by atoms with Crippen LogP contribution in [0.5, 0.6) is 0 Å². The third-order valence-electron chi connectivity index (χ3n) is 3.81. The molecule has 1 heterocycles. The van der Waals surface area contributed by atoms with Gasteiger partial charge in [-0.25, -0.2) is 0 Å². The maximum absolute atomic E-state index is 5.73. The summed E-state index contributed by atoms with van der Waals surface area (Å²) in [4.78, 5) is 0. The summed E-state index contributed by atoms with van der Waals surface area (Å²) >= 11 is 1.85. The molecular weight excluding hydrogens is 268 g/mol. The van der Waals surface area contributed by atoms with Gasteiger partial charge in [0.15, 0.2) is 5.16 Å². The zero-order chi connectivity index (χ0) is 14.2. The maximum Gasteiger partial charge on any atom is 0.191 e. The number of nitrogens with two attached hydrogens (primary N) is 1. The first-order valence-corrected chi connectivity index (χ1v) is 9.12. The third-order valence-corrected chi connectivity index (χ3v) is 4.84. The lowest BCUT2D eigenvalue weighted by atomic mass is 10.1. The first-order chi connectivity index (χ1) is 9.86. The summed E-state index contributed by atoms with van der Waals surface area (Å²) in [6.07, 6.45) is 12.0. The molecule has 0 aromatic carbocycles. The van der Waals surface area contributed by atoms with Crippen LogP contribution in [-0.2, 0) is 6.54 Å². The van der Waals surface area contributed by atoms with Gasteiger partial charge in [-0.3, -0.25) is 0 Å². The van der Waals surface area contributed by atoms with Crippen LogP contribution in [0.15, 0.2) is 5.16 Å². The van der Waals surface area contributed by atoms with E-state index < -0.39 is 0 Å². The fourth-order valence-corrected chi connectivity index (χ4v) is 3.49. The molecule has 20 heavy (non-hydrogen) atoms. The molecule has 0 aliphatic heterocycles. The number of aromatic nitrogens is 3. The number of hydrogen-bond acceptors (Lipinski definition) is 4. The molecule has 4 nitrogen and oxygen atoms in total. The number of unbranched alkanes of at least 4 members (excludes halogenated alkanes) is 6. The molecule has 1 aliphatic carbocycles. The largest absolute Gasteiger partial charge is 0.324 e. The summed E-state index contributed by atoms with van der Waals surface area (Å²) in [5.41, 5.74) is 5.73. The standard InChI is InChI=1S/C15H28N4S/c1-2-3-4-5-6-7-8-11-20-15-18-17-14(12-16)19(15)13-9-10-13/h13H,2-12,16H2,1H3. The summed E-state index contributed by atoms with van der Waals surface area (Å²) < 4.78 is 2.27. The number of nitrogens with zero attached hydrogens (tertiary/aromatic N) is 3. The van der Waals surface area contributed by atoms with Crippen molar-refractivity contribution >= 4 is 11.8 Å². The minimum atomic E-state index is 0.501. The van der Waals surface area contributed by atoms with Crippen LogP contribution in [0, 0.1) is 0 Å². The van der Waals surface area contributed by atoms with E-state index in [0.717, 1.165) is 16.7 Å². The van der Waals surface area contributed by atoms with Gasteiger partial charge in [0, 0.05) is 11.8 Å². The fraction of sp³-hybridized carbons (Fsp3) is 0.867. The molecule has 1 aliphatic rings. The third kappa shape index (κ3) is 4.77. The highest BCUT2D eigenvalue weighted by Gasteiger charge is 2.28. The molecule has 0 bridgehead atoms. The van der Waals surface area contributed by atoms with E-state index in [9.17, 15) is 0 Å². The van der Waals surface area contributed by atoms with Gasteiger partial charge in [0.25, 0.3) is 0 Å². The van der Waals surface area contributed by atoms with Crippen LogP contribution in [0.3, 0.4) is 0 Å². The Bertz CT molecular complexity index is 387. The van der Waals surface area contributed by atoms with Crippen LogP contribution in [0.25, 0.3) is 0 Å². The molecule has 0 amide bonds. The highest BCUT2D eigenvalue weighted by Crippen LogP contribution is 2.38. The lowest BCUT2D eigenvalue weighted by molar-refractivity contribution is 0.602. The Morgan fingerprint density at radius 1 is 1.10 bits per heavy atom. The Morgan fingerprint density at radius 3 is 2.45 bits per heavy atom. The molecule has 0 radical (unpaired) electrons. The Hall–Kier alpha value is -0.550. The van der Waals surface area contributed by atoms with Gasteiger partial charge in [-0.15, -0.1) is 10.2 Å². The number of thioether (sulfide) groups is 1. The van der Waals surface area contributed by atoms with Crippen LogP contribution in [0.1, 0.15) is 76.6 Å². The van der Waals surface area contributed by atoms with Gasteiger partial charge >= 0.3 is 0 Å². The zero-order valence-electron chi connectivity index (χ0n) is 12.7. The van der Waals surface area contributed by atoms with E-state index >= 15 is 0 Å². The highest BCUT2D eigenvalue weighted by molar-refractivity contribution is 7.99. The Morgan fingerprint density at radius 2 is 1.80 bits per heavy atom. The summed E-state index contributed by atoms with van der Waals surface area (Å²) in [5.74, 6) is 2.11. The van der Waals surface area contributed by atoms with Gasteiger partial charge in [-0.05, 0) is 19.3 Å².